The molecule has 0 aromatic heterocycles. The van der Waals surface area contributed by atoms with E-state index in [0.29, 0.717) is 0 Å². The molecule has 0 amide bonds. The fourth-order valence-corrected chi connectivity index (χ4v) is 0.551. The Balaban J connectivity index is 2.76. The first-order valence-corrected chi connectivity index (χ1v) is 2.46. The van der Waals surface area contributed by atoms with E-state index in [1.165, 1.54) is 0 Å². The van der Waals surface area contributed by atoms with E-state index in [4.69, 9.17) is 0 Å². The van der Waals surface area contributed by atoms with Crippen LogP contribution in [0.25, 0.3) is 0 Å². The zero-order chi connectivity index (χ0) is 7.78. The SMILES string of the molecule is C=CC1OC(=O)OC1(F)F. The predicted octanol–water partition coefficient (Wildman–Crippen LogP) is 1.30. The van der Waals surface area contributed by atoms with E-state index in [1.807, 2.05) is 0 Å². The monoisotopic (exact) mass is 150 g/mol. The number of carbonyl (C=O) groups excluding carboxylic acids is 1. The van der Waals surface area contributed by atoms with Gasteiger partial charge in [-0.1, -0.05) is 6.58 Å². The molecule has 1 heterocycles. The van der Waals surface area contributed by atoms with Crippen LogP contribution in [0.4, 0.5) is 13.6 Å². The van der Waals surface area contributed by atoms with Crippen molar-refractivity contribution >= 4 is 6.16 Å². The van der Waals surface area contributed by atoms with Crippen molar-refractivity contribution in [1.29, 1.82) is 0 Å². The number of ether oxygens (including phenoxy) is 2. The molecule has 0 aromatic carbocycles. The molecule has 1 rings (SSSR count). The third-order valence-electron chi connectivity index (χ3n) is 0.988. The Kier molecular flexibility index (Phi) is 1.35. The van der Waals surface area contributed by atoms with Gasteiger partial charge in [0.05, 0.1) is 0 Å². The Hall–Kier alpha value is -1.13. The summed E-state index contributed by atoms with van der Waals surface area (Å²) in [5, 5.41) is 0. The first-order chi connectivity index (χ1) is 4.56. The number of hydrogen-bond donors (Lipinski definition) is 0. The summed E-state index contributed by atoms with van der Waals surface area (Å²) in [5.74, 6) is 0. The molecular weight excluding hydrogens is 146 g/mol. The van der Waals surface area contributed by atoms with Crippen LogP contribution in [0.2, 0.25) is 0 Å². The fraction of sp³-hybridized carbons (Fsp3) is 0.400. The number of rotatable bonds is 1. The van der Waals surface area contributed by atoms with Crippen molar-refractivity contribution in [2.45, 2.75) is 12.2 Å². The first-order valence-electron chi connectivity index (χ1n) is 2.46. The lowest BCUT2D eigenvalue weighted by Crippen LogP contribution is -2.27. The summed E-state index contributed by atoms with van der Waals surface area (Å²) in [5.41, 5.74) is 0. The first kappa shape index (κ1) is 6.98. The molecule has 0 aliphatic carbocycles. The maximum Gasteiger partial charge on any atom is 0.514 e. The van der Waals surface area contributed by atoms with Gasteiger partial charge in [-0.2, -0.15) is 8.78 Å². The topological polar surface area (TPSA) is 35.5 Å². The second-order valence-corrected chi connectivity index (χ2v) is 1.69. The second-order valence-electron chi connectivity index (χ2n) is 1.69. The van der Waals surface area contributed by atoms with Crippen LogP contribution in [-0.4, -0.2) is 18.4 Å². The lowest BCUT2D eigenvalue weighted by atomic mass is 10.3. The lowest BCUT2D eigenvalue weighted by molar-refractivity contribution is -0.187. The Labute approximate surface area is 55.2 Å². The molecule has 0 aromatic rings. The van der Waals surface area contributed by atoms with Crippen molar-refractivity contribution in [1.82, 2.24) is 0 Å². The Morgan fingerprint density at radius 2 is 2.30 bits per heavy atom. The number of cyclic esters (lactones) is 2. The average Bonchev–Trinajstić information content (AvgIpc) is 2.04. The minimum absolute atomic E-state index is 0.810. The van der Waals surface area contributed by atoms with E-state index >= 15 is 0 Å². The normalized spacial score (nSPS) is 29.0. The minimum Gasteiger partial charge on any atom is -0.416 e. The zero-order valence-corrected chi connectivity index (χ0v) is 4.84. The van der Waals surface area contributed by atoms with Crippen LogP contribution in [-0.2, 0) is 9.47 Å². The van der Waals surface area contributed by atoms with Gasteiger partial charge in [-0.3, -0.25) is 0 Å². The molecule has 1 unspecified atom stereocenters. The highest BCUT2D eigenvalue weighted by molar-refractivity contribution is 5.63. The van der Waals surface area contributed by atoms with Gasteiger partial charge >= 0.3 is 12.3 Å². The molecule has 1 fully saturated rings. The highest BCUT2D eigenvalue weighted by Crippen LogP contribution is 2.30. The predicted molar refractivity (Wildman–Crippen MR) is 26.5 cm³/mol. The van der Waals surface area contributed by atoms with E-state index in [2.05, 4.69) is 16.1 Å². The summed E-state index contributed by atoms with van der Waals surface area (Å²) < 4.78 is 31.9. The smallest absolute Gasteiger partial charge is 0.416 e. The molecule has 1 aliphatic heterocycles. The number of hydrogen-bond acceptors (Lipinski definition) is 3. The van der Waals surface area contributed by atoms with E-state index in [0.717, 1.165) is 6.08 Å². The van der Waals surface area contributed by atoms with Crippen molar-refractivity contribution in [2.24, 2.45) is 0 Å². The highest BCUT2D eigenvalue weighted by atomic mass is 19.3. The van der Waals surface area contributed by atoms with Crippen LogP contribution in [0, 0.1) is 0 Å². The van der Waals surface area contributed by atoms with Gasteiger partial charge in [-0.05, 0) is 6.08 Å². The number of carbonyl (C=O) groups is 1. The van der Waals surface area contributed by atoms with E-state index in [1.54, 1.807) is 0 Å². The Bertz CT molecular complexity index is 178. The Morgan fingerprint density at radius 3 is 2.50 bits per heavy atom. The van der Waals surface area contributed by atoms with Crippen molar-refractivity contribution in [3.05, 3.63) is 12.7 Å². The summed E-state index contributed by atoms with van der Waals surface area (Å²) in [6.45, 7) is 3.04. The largest absolute Gasteiger partial charge is 0.514 e. The van der Waals surface area contributed by atoms with E-state index in [9.17, 15) is 13.6 Å². The van der Waals surface area contributed by atoms with E-state index < -0.39 is 18.4 Å². The van der Waals surface area contributed by atoms with Gasteiger partial charge in [0, 0.05) is 0 Å². The van der Waals surface area contributed by atoms with Gasteiger partial charge in [0.25, 0.3) is 0 Å². The summed E-state index contributed by atoms with van der Waals surface area (Å²) >= 11 is 0. The van der Waals surface area contributed by atoms with Crippen LogP contribution in [0.1, 0.15) is 0 Å². The highest BCUT2D eigenvalue weighted by Gasteiger charge is 2.52. The van der Waals surface area contributed by atoms with Gasteiger partial charge in [0.2, 0.25) is 6.10 Å². The maximum atomic E-state index is 12.2. The molecule has 1 atom stereocenters. The van der Waals surface area contributed by atoms with Gasteiger partial charge in [-0.15, -0.1) is 0 Å². The van der Waals surface area contributed by atoms with Crippen molar-refractivity contribution in [3.63, 3.8) is 0 Å². The molecule has 0 bridgehead atoms. The number of alkyl halides is 2. The quantitative estimate of drug-likeness (QED) is 0.417. The zero-order valence-electron chi connectivity index (χ0n) is 4.84. The third-order valence-corrected chi connectivity index (χ3v) is 0.988. The molecule has 1 saturated heterocycles. The molecule has 5 heteroatoms. The van der Waals surface area contributed by atoms with Crippen LogP contribution >= 0.6 is 0 Å². The van der Waals surface area contributed by atoms with Crippen molar-refractivity contribution in [3.8, 4) is 0 Å². The maximum absolute atomic E-state index is 12.2. The van der Waals surface area contributed by atoms with Crippen molar-refractivity contribution in [2.75, 3.05) is 0 Å². The molecule has 3 nitrogen and oxygen atoms in total. The van der Waals surface area contributed by atoms with Crippen LogP contribution < -0.4 is 0 Å². The van der Waals surface area contributed by atoms with Crippen LogP contribution in [0.15, 0.2) is 12.7 Å². The van der Waals surface area contributed by atoms with Gasteiger partial charge in [0.1, 0.15) is 0 Å². The summed E-state index contributed by atoms with van der Waals surface area (Å²) in [6.07, 6.45) is -5.76. The molecule has 0 radical (unpaired) electrons. The molecule has 0 spiro atoms. The summed E-state index contributed by atoms with van der Waals surface area (Å²) in [4.78, 5) is 10.1. The standard InChI is InChI=1S/C5H4F2O3/c1-2-3-5(6,7)10-4(8)9-3/h2-3H,1H2. The third kappa shape index (κ3) is 0.940. The van der Waals surface area contributed by atoms with Gasteiger partial charge in [-0.25, -0.2) is 4.79 Å². The van der Waals surface area contributed by atoms with Crippen LogP contribution in [0.5, 0.6) is 0 Å². The molecular formula is C5H4F2O3. The molecule has 56 valence electrons. The molecule has 0 saturated carbocycles. The average molecular weight is 150 g/mol. The van der Waals surface area contributed by atoms with E-state index in [-0.39, 0.29) is 0 Å². The molecule has 1 aliphatic rings. The minimum atomic E-state index is -3.56. The van der Waals surface area contributed by atoms with Gasteiger partial charge in [0.15, 0.2) is 0 Å². The summed E-state index contributed by atoms with van der Waals surface area (Å²) in [7, 11) is 0. The molecule has 0 N–H and O–H groups in total. The summed E-state index contributed by atoms with van der Waals surface area (Å²) in [6, 6.07) is 0. The van der Waals surface area contributed by atoms with Crippen LogP contribution in [0.3, 0.4) is 0 Å². The van der Waals surface area contributed by atoms with Crippen molar-refractivity contribution < 1.29 is 23.0 Å². The Morgan fingerprint density at radius 1 is 1.70 bits per heavy atom. The second kappa shape index (κ2) is 1.93. The number of halogens is 2. The fourth-order valence-electron chi connectivity index (χ4n) is 0.551. The van der Waals surface area contributed by atoms with Gasteiger partial charge < -0.3 is 9.47 Å². The lowest BCUT2D eigenvalue weighted by Gasteiger charge is -2.07. The molecule has 10 heavy (non-hydrogen) atoms.